The Morgan fingerprint density at radius 1 is 1.00 bits per heavy atom. The van der Waals surface area contributed by atoms with E-state index in [4.69, 9.17) is 0 Å². The van der Waals surface area contributed by atoms with Crippen LogP contribution in [0.1, 0.15) is 24.8 Å². The molecule has 1 saturated heterocycles. The highest BCUT2D eigenvalue weighted by atomic mass is 32.2. The summed E-state index contributed by atoms with van der Waals surface area (Å²) in [7, 11) is -3.74. The summed E-state index contributed by atoms with van der Waals surface area (Å²) in [6.07, 6.45) is 2.88. The maximum absolute atomic E-state index is 13.3. The molecule has 1 aliphatic heterocycles. The first-order valence-corrected chi connectivity index (χ1v) is 11.1. The van der Waals surface area contributed by atoms with Crippen molar-refractivity contribution in [2.24, 2.45) is 0 Å². The number of anilines is 1. The van der Waals surface area contributed by atoms with Crippen LogP contribution in [-0.2, 0) is 10.0 Å². The van der Waals surface area contributed by atoms with E-state index in [2.05, 4.69) is 0 Å². The highest BCUT2D eigenvalue weighted by Gasteiger charge is 2.29. The fraction of sp³-hybridized carbons (Fsp3) is 0.429. The Bertz CT molecular complexity index is 816. The number of likely N-dealkylation sites (tertiary alicyclic amines) is 1. The molecule has 0 radical (unpaired) electrons. The van der Waals surface area contributed by atoms with Crippen molar-refractivity contribution in [2.45, 2.75) is 37.2 Å². The van der Waals surface area contributed by atoms with E-state index in [-0.39, 0.29) is 11.4 Å². The number of rotatable bonds is 7. The summed E-state index contributed by atoms with van der Waals surface area (Å²) in [6.45, 7) is 4.66. The molecule has 2 N–H and O–H groups in total. The number of nitrogens with zero attached hydrogens (tertiary/aromatic N) is 1. The van der Waals surface area contributed by atoms with E-state index in [0.717, 1.165) is 18.7 Å². The SMILES string of the molecule is Cc1ccc(S(=O)(=O)N(C[C@@H](O)C[NH+]2CCCCC2)c2ccccc2)cc1. The van der Waals surface area contributed by atoms with Crippen LogP contribution in [0, 0.1) is 6.92 Å². The van der Waals surface area contributed by atoms with Crippen molar-refractivity contribution in [2.75, 3.05) is 30.5 Å². The normalized spacial score (nSPS) is 16.8. The van der Waals surface area contributed by atoms with Gasteiger partial charge in [0.15, 0.2) is 0 Å². The van der Waals surface area contributed by atoms with Gasteiger partial charge >= 0.3 is 0 Å². The van der Waals surface area contributed by atoms with Crippen LogP contribution < -0.4 is 9.21 Å². The molecule has 2 aromatic rings. The summed E-state index contributed by atoms with van der Waals surface area (Å²) in [6, 6.07) is 15.9. The lowest BCUT2D eigenvalue weighted by molar-refractivity contribution is -0.907. The lowest BCUT2D eigenvalue weighted by atomic mass is 10.1. The van der Waals surface area contributed by atoms with Gasteiger partial charge in [-0.2, -0.15) is 0 Å². The molecule has 3 rings (SSSR count). The number of benzene rings is 2. The molecule has 0 saturated carbocycles. The Hall–Kier alpha value is -1.89. The van der Waals surface area contributed by atoms with E-state index in [1.165, 1.54) is 28.5 Å². The molecule has 0 spiro atoms. The largest absolute Gasteiger partial charge is 0.385 e. The Morgan fingerprint density at radius 2 is 1.63 bits per heavy atom. The van der Waals surface area contributed by atoms with Crippen molar-refractivity contribution in [1.29, 1.82) is 0 Å². The Morgan fingerprint density at radius 3 is 2.26 bits per heavy atom. The molecule has 1 heterocycles. The predicted molar refractivity (Wildman–Crippen MR) is 108 cm³/mol. The van der Waals surface area contributed by atoms with Gasteiger partial charge in [0.2, 0.25) is 0 Å². The monoisotopic (exact) mass is 389 g/mol. The number of hydrogen-bond donors (Lipinski definition) is 2. The van der Waals surface area contributed by atoms with Crippen molar-refractivity contribution in [3.05, 3.63) is 60.2 Å². The van der Waals surface area contributed by atoms with Crippen molar-refractivity contribution in [3.63, 3.8) is 0 Å². The maximum Gasteiger partial charge on any atom is 0.264 e. The van der Waals surface area contributed by atoms with Gasteiger partial charge in [0, 0.05) is 0 Å². The average molecular weight is 390 g/mol. The minimum atomic E-state index is -3.74. The topological polar surface area (TPSA) is 62.0 Å². The van der Waals surface area contributed by atoms with Crippen LogP contribution in [0.5, 0.6) is 0 Å². The molecular formula is C21H29N2O3S+. The zero-order valence-corrected chi connectivity index (χ0v) is 16.7. The number of quaternary nitrogens is 1. The third-order valence-corrected chi connectivity index (χ3v) is 6.92. The smallest absolute Gasteiger partial charge is 0.264 e. The first kappa shape index (κ1) is 19.9. The number of aliphatic hydroxyl groups excluding tert-OH is 1. The van der Waals surface area contributed by atoms with E-state index in [1.54, 1.807) is 36.4 Å². The van der Waals surface area contributed by atoms with E-state index in [9.17, 15) is 13.5 Å². The van der Waals surface area contributed by atoms with Crippen LogP contribution in [0.4, 0.5) is 5.69 Å². The van der Waals surface area contributed by atoms with E-state index in [1.807, 2.05) is 25.1 Å². The molecule has 5 nitrogen and oxygen atoms in total. The Labute approximate surface area is 162 Å². The molecule has 1 fully saturated rings. The van der Waals surface area contributed by atoms with Crippen LogP contribution in [0.15, 0.2) is 59.5 Å². The second kappa shape index (κ2) is 8.87. The lowest BCUT2D eigenvalue weighted by Gasteiger charge is -2.30. The second-order valence-corrected chi connectivity index (χ2v) is 9.22. The van der Waals surface area contributed by atoms with Crippen LogP contribution in [-0.4, -0.2) is 45.8 Å². The van der Waals surface area contributed by atoms with Crippen LogP contribution >= 0.6 is 0 Å². The highest BCUT2D eigenvalue weighted by molar-refractivity contribution is 7.92. The van der Waals surface area contributed by atoms with Gasteiger partial charge in [-0.05, 0) is 50.5 Å². The van der Waals surface area contributed by atoms with E-state index >= 15 is 0 Å². The van der Waals surface area contributed by atoms with Crippen LogP contribution in [0.25, 0.3) is 0 Å². The Balaban J connectivity index is 1.83. The first-order chi connectivity index (χ1) is 13.0. The molecular weight excluding hydrogens is 360 g/mol. The van der Waals surface area contributed by atoms with Gasteiger partial charge in [-0.3, -0.25) is 4.31 Å². The van der Waals surface area contributed by atoms with Crippen molar-refractivity contribution >= 4 is 15.7 Å². The number of aryl methyl sites for hydroxylation is 1. The molecule has 0 amide bonds. The molecule has 146 valence electrons. The molecule has 0 aromatic heterocycles. The molecule has 1 atom stereocenters. The predicted octanol–water partition coefficient (Wildman–Crippen LogP) is 1.62. The third kappa shape index (κ3) is 5.09. The number of piperidine rings is 1. The zero-order valence-electron chi connectivity index (χ0n) is 15.8. The molecule has 2 aromatic carbocycles. The summed E-state index contributed by atoms with van der Waals surface area (Å²) < 4.78 is 27.9. The van der Waals surface area contributed by atoms with Crippen molar-refractivity contribution < 1.29 is 18.4 Å². The summed E-state index contributed by atoms with van der Waals surface area (Å²) >= 11 is 0. The molecule has 0 bridgehead atoms. The summed E-state index contributed by atoms with van der Waals surface area (Å²) in [4.78, 5) is 1.60. The molecule has 0 unspecified atom stereocenters. The zero-order chi connectivity index (χ0) is 19.3. The van der Waals surface area contributed by atoms with Gasteiger partial charge in [0.25, 0.3) is 10.0 Å². The fourth-order valence-electron chi connectivity index (χ4n) is 3.62. The van der Waals surface area contributed by atoms with Gasteiger partial charge in [-0.25, -0.2) is 8.42 Å². The van der Waals surface area contributed by atoms with E-state index in [0.29, 0.717) is 12.2 Å². The summed E-state index contributed by atoms with van der Waals surface area (Å²) in [5.41, 5.74) is 1.58. The number of para-hydroxylation sites is 1. The van der Waals surface area contributed by atoms with E-state index < -0.39 is 16.1 Å². The standard InChI is InChI=1S/C21H28N2O3S/c1-18-10-12-21(13-11-18)27(25,26)23(19-8-4-2-5-9-19)17-20(24)16-22-14-6-3-7-15-22/h2,4-5,8-13,20,24H,3,6-7,14-17H2,1H3/p+1/t20-/m0/s1. The number of hydrogen-bond acceptors (Lipinski definition) is 3. The number of aliphatic hydroxyl groups is 1. The molecule has 0 aliphatic carbocycles. The van der Waals surface area contributed by atoms with Crippen molar-refractivity contribution in [3.8, 4) is 0 Å². The van der Waals surface area contributed by atoms with Crippen LogP contribution in [0.2, 0.25) is 0 Å². The molecule has 27 heavy (non-hydrogen) atoms. The molecule has 6 heteroatoms. The fourth-order valence-corrected chi connectivity index (χ4v) is 5.12. The average Bonchev–Trinajstić information content (AvgIpc) is 2.68. The summed E-state index contributed by atoms with van der Waals surface area (Å²) in [5.74, 6) is 0. The van der Waals surface area contributed by atoms with Gasteiger partial charge in [0.05, 0.1) is 30.2 Å². The minimum absolute atomic E-state index is 0.0592. The van der Waals surface area contributed by atoms with Gasteiger partial charge < -0.3 is 10.0 Å². The highest BCUT2D eigenvalue weighted by Crippen LogP contribution is 2.24. The number of nitrogens with one attached hydrogen (secondary N) is 1. The van der Waals surface area contributed by atoms with Gasteiger partial charge in [-0.15, -0.1) is 0 Å². The van der Waals surface area contributed by atoms with Gasteiger partial charge in [-0.1, -0.05) is 35.9 Å². The van der Waals surface area contributed by atoms with Gasteiger partial charge in [0.1, 0.15) is 12.6 Å². The third-order valence-electron chi connectivity index (χ3n) is 5.11. The summed E-state index contributed by atoms with van der Waals surface area (Å²) in [5, 5.41) is 10.7. The quantitative estimate of drug-likeness (QED) is 0.757. The maximum atomic E-state index is 13.3. The Kier molecular flexibility index (Phi) is 6.52. The van der Waals surface area contributed by atoms with Crippen LogP contribution in [0.3, 0.4) is 0 Å². The number of sulfonamides is 1. The molecule has 1 aliphatic rings. The second-order valence-electron chi connectivity index (χ2n) is 7.35. The minimum Gasteiger partial charge on any atom is -0.385 e. The van der Waals surface area contributed by atoms with Crippen molar-refractivity contribution in [1.82, 2.24) is 0 Å². The first-order valence-electron chi connectivity index (χ1n) is 9.63. The lowest BCUT2D eigenvalue weighted by Crippen LogP contribution is -3.14.